The number of aryl methyl sites for hydroxylation is 2. The minimum Gasteiger partial charge on any atom is -0.490 e. The van der Waals surface area contributed by atoms with E-state index in [4.69, 9.17) is 9.84 Å². The van der Waals surface area contributed by atoms with Crippen LogP contribution >= 0.6 is 0 Å². The van der Waals surface area contributed by atoms with Crippen LogP contribution in [0.5, 0.6) is 5.75 Å². The average Bonchev–Trinajstić information content (AvgIpc) is 3.00. The molecule has 1 aliphatic rings. The molecule has 0 fully saturated rings. The molecule has 25 heavy (non-hydrogen) atoms. The van der Waals surface area contributed by atoms with E-state index in [1.807, 2.05) is 26.0 Å². The van der Waals surface area contributed by atoms with Crippen molar-refractivity contribution in [2.45, 2.75) is 32.7 Å². The van der Waals surface area contributed by atoms with Crippen molar-refractivity contribution in [1.82, 2.24) is 5.32 Å². The highest BCUT2D eigenvalue weighted by Crippen LogP contribution is 2.36. The van der Waals surface area contributed by atoms with E-state index < -0.39 is 5.97 Å². The lowest BCUT2D eigenvalue weighted by molar-refractivity contribution is -0.121. The van der Waals surface area contributed by atoms with Crippen molar-refractivity contribution in [1.29, 1.82) is 0 Å². The molecule has 0 aromatic heterocycles. The maximum atomic E-state index is 12.2. The van der Waals surface area contributed by atoms with Crippen molar-refractivity contribution in [2.75, 3.05) is 6.61 Å². The van der Waals surface area contributed by atoms with Gasteiger partial charge in [-0.1, -0.05) is 24.3 Å². The average molecular weight is 339 g/mol. The molecule has 1 heterocycles. The predicted molar refractivity (Wildman–Crippen MR) is 94.0 cm³/mol. The first-order valence-electron chi connectivity index (χ1n) is 8.30. The van der Waals surface area contributed by atoms with Gasteiger partial charge in [-0.3, -0.25) is 4.79 Å². The summed E-state index contributed by atoms with van der Waals surface area (Å²) in [7, 11) is 0. The molecule has 0 saturated heterocycles. The molecule has 0 radical (unpaired) electrons. The van der Waals surface area contributed by atoms with Gasteiger partial charge >= 0.3 is 5.97 Å². The summed E-state index contributed by atoms with van der Waals surface area (Å²) in [4.78, 5) is 23.1. The molecular formula is C20H21NO4. The summed E-state index contributed by atoms with van der Waals surface area (Å²) in [6.07, 6.45) is 0.919. The largest absolute Gasteiger partial charge is 0.490 e. The molecule has 0 spiro atoms. The van der Waals surface area contributed by atoms with Crippen molar-refractivity contribution in [3.05, 3.63) is 64.2 Å². The maximum Gasteiger partial charge on any atom is 0.335 e. The van der Waals surface area contributed by atoms with Gasteiger partial charge in [0.05, 0.1) is 11.6 Å². The first-order valence-corrected chi connectivity index (χ1v) is 8.30. The third-order valence-electron chi connectivity index (χ3n) is 4.65. The maximum absolute atomic E-state index is 12.2. The number of carbonyl (C=O) groups is 2. The van der Waals surface area contributed by atoms with Crippen molar-refractivity contribution in [2.24, 2.45) is 0 Å². The number of carbonyl (C=O) groups excluding carboxylic acids is 1. The molecule has 5 heteroatoms. The first-order chi connectivity index (χ1) is 12.0. The lowest BCUT2D eigenvalue weighted by atomic mass is 10.0. The molecule has 1 atom stereocenters. The Kier molecular flexibility index (Phi) is 4.74. The van der Waals surface area contributed by atoms with Gasteiger partial charge in [0, 0.05) is 12.0 Å². The number of carboxylic acids is 1. The number of aromatic carboxylic acids is 1. The smallest absolute Gasteiger partial charge is 0.335 e. The summed E-state index contributed by atoms with van der Waals surface area (Å²) in [5.41, 5.74) is 4.51. The summed E-state index contributed by atoms with van der Waals surface area (Å²) >= 11 is 0. The lowest BCUT2D eigenvalue weighted by Gasteiger charge is -2.12. The van der Waals surface area contributed by atoms with Gasteiger partial charge in [-0.2, -0.15) is 0 Å². The second kappa shape index (κ2) is 6.97. The minimum atomic E-state index is -0.949. The number of hydrogen-bond acceptors (Lipinski definition) is 3. The van der Waals surface area contributed by atoms with E-state index in [2.05, 4.69) is 5.32 Å². The molecule has 2 aromatic carbocycles. The molecular weight excluding hydrogens is 318 g/mol. The van der Waals surface area contributed by atoms with Crippen LogP contribution in [0.4, 0.5) is 0 Å². The number of hydrogen-bond donors (Lipinski definition) is 2. The summed E-state index contributed by atoms with van der Waals surface area (Å²) in [5, 5.41) is 11.9. The SMILES string of the molecule is Cc1ccc2c(c1C)OCC2NC(=O)CCc1ccc(C(=O)O)cc1. The van der Waals surface area contributed by atoms with Gasteiger partial charge in [0.15, 0.2) is 0 Å². The van der Waals surface area contributed by atoms with Crippen LogP contribution < -0.4 is 10.1 Å². The van der Waals surface area contributed by atoms with Crippen LogP contribution in [0.3, 0.4) is 0 Å². The fourth-order valence-corrected chi connectivity index (χ4v) is 2.99. The number of amides is 1. The normalized spacial score (nSPS) is 15.4. The van der Waals surface area contributed by atoms with Crippen molar-refractivity contribution in [3.63, 3.8) is 0 Å². The molecule has 2 N–H and O–H groups in total. The van der Waals surface area contributed by atoms with Crippen LogP contribution in [0.25, 0.3) is 0 Å². The van der Waals surface area contributed by atoms with E-state index >= 15 is 0 Å². The summed E-state index contributed by atoms with van der Waals surface area (Å²) < 4.78 is 5.75. The van der Waals surface area contributed by atoms with Crippen LogP contribution in [-0.2, 0) is 11.2 Å². The third-order valence-corrected chi connectivity index (χ3v) is 4.65. The molecule has 5 nitrogen and oxygen atoms in total. The van der Waals surface area contributed by atoms with Crippen LogP contribution in [0.2, 0.25) is 0 Å². The highest BCUT2D eigenvalue weighted by atomic mass is 16.5. The Hall–Kier alpha value is -2.82. The van der Waals surface area contributed by atoms with E-state index in [0.717, 1.165) is 22.4 Å². The monoisotopic (exact) mass is 339 g/mol. The quantitative estimate of drug-likeness (QED) is 0.877. The molecule has 0 bridgehead atoms. The van der Waals surface area contributed by atoms with Crippen molar-refractivity contribution in [3.8, 4) is 5.75 Å². The Balaban J connectivity index is 1.58. The number of benzene rings is 2. The lowest BCUT2D eigenvalue weighted by Crippen LogP contribution is -2.29. The molecule has 2 aromatic rings. The van der Waals surface area contributed by atoms with Gasteiger partial charge in [0.25, 0.3) is 0 Å². The summed E-state index contributed by atoms with van der Waals surface area (Å²) in [6, 6.07) is 10.6. The minimum absolute atomic E-state index is 0.0398. The Bertz CT molecular complexity index is 811. The number of rotatable bonds is 5. The van der Waals surface area contributed by atoms with Crippen LogP contribution in [-0.4, -0.2) is 23.6 Å². The third kappa shape index (κ3) is 3.65. The zero-order valence-electron chi connectivity index (χ0n) is 14.3. The zero-order chi connectivity index (χ0) is 18.0. The Morgan fingerprint density at radius 3 is 2.56 bits per heavy atom. The van der Waals surface area contributed by atoms with Gasteiger partial charge in [-0.15, -0.1) is 0 Å². The van der Waals surface area contributed by atoms with Gasteiger partial charge in [0.1, 0.15) is 12.4 Å². The van der Waals surface area contributed by atoms with E-state index in [1.165, 1.54) is 5.56 Å². The van der Waals surface area contributed by atoms with Crippen molar-refractivity contribution < 1.29 is 19.4 Å². The van der Waals surface area contributed by atoms with Gasteiger partial charge in [-0.25, -0.2) is 4.79 Å². The van der Waals surface area contributed by atoms with Crippen LogP contribution in [0, 0.1) is 13.8 Å². The van der Waals surface area contributed by atoms with E-state index in [0.29, 0.717) is 19.4 Å². The molecule has 1 aliphatic heterocycles. The topological polar surface area (TPSA) is 75.6 Å². The molecule has 3 rings (SSSR count). The molecule has 130 valence electrons. The van der Waals surface area contributed by atoms with Crippen LogP contribution in [0.1, 0.15) is 45.1 Å². The Morgan fingerprint density at radius 2 is 1.88 bits per heavy atom. The number of fused-ring (bicyclic) bond motifs is 1. The highest BCUT2D eigenvalue weighted by Gasteiger charge is 2.27. The Morgan fingerprint density at radius 1 is 1.16 bits per heavy atom. The predicted octanol–water partition coefficient (Wildman–Crippen LogP) is 3.18. The van der Waals surface area contributed by atoms with Gasteiger partial charge < -0.3 is 15.2 Å². The molecule has 1 unspecified atom stereocenters. The second-order valence-electron chi connectivity index (χ2n) is 6.36. The molecule has 0 saturated carbocycles. The Labute approximate surface area is 146 Å². The number of nitrogens with one attached hydrogen (secondary N) is 1. The summed E-state index contributed by atoms with van der Waals surface area (Å²) in [5.74, 6) is -0.105. The van der Waals surface area contributed by atoms with Crippen molar-refractivity contribution >= 4 is 11.9 Å². The van der Waals surface area contributed by atoms with E-state index in [1.54, 1.807) is 24.3 Å². The number of ether oxygens (including phenoxy) is 1. The standard InChI is InChI=1S/C20H21NO4/c1-12-3-9-16-17(11-25-19(16)13(12)2)21-18(22)10-6-14-4-7-15(8-5-14)20(23)24/h3-5,7-9,17H,6,10-11H2,1-2H3,(H,21,22)(H,23,24). The first kappa shape index (κ1) is 17.0. The van der Waals surface area contributed by atoms with Gasteiger partial charge in [-0.05, 0) is 49.1 Å². The van der Waals surface area contributed by atoms with Gasteiger partial charge in [0.2, 0.25) is 5.91 Å². The van der Waals surface area contributed by atoms with E-state index in [9.17, 15) is 9.59 Å². The highest BCUT2D eigenvalue weighted by molar-refractivity contribution is 5.87. The fraction of sp³-hybridized carbons (Fsp3) is 0.300. The molecule has 0 aliphatic carbocycles. The number of carboxylic acid groups (broad SMARTS) is 1. The molecule has 1 amide bonds. The van der Waals surface area contributed by atoms with Crippen LogP contribution in [0.15, 0.2) is 36.4 Å². The van der Waals surface area contributed by atoms with E-state index in [-0.39, 0.29) is 17.5 Å². The fourth-order valence-electron chi connectivity index (χ4n) is 2.99. The zero-order valence-corrected chi connectivity index (χ0v) is 14.3. The second-order valence-corrected chi connectivity index (χ2v) is 6.36. The summed E-state index contributed by atoms with van der Waals surface area (Å²) in [6.45, 7) is 4.53.